The number of rotatable bonds is 4. The Balaban J connectivity index is 1.68. The molecule has 0 aliphatic heterocycles. The molecule has 9 nitrogen and oxygen atoms in total. The number of aromatic amines is 1. The molecular weight excluding hydrogens is 335 g/mol. The van der Waals surface area contributed by atoms with Gasteiger partial charge >= 0.3 is 7.60 Å². The fourth-order valence-electron chi connectivity index (χ4n) is 4.37. The topological polar surface area (TPSA) is 166 Å². The first kappa shape index (κ1) is 16.0. The van der Waals surface area contributed by atoms with Crippen LogP contribution in [0.3, 0.4) is 0 Å². The van der Waals surface area contributed by atoms with E-state index in [0.29, 0.717) is 23.3 Å². The summed E-state index contributed by atoms with van der Waals surface area (Å²) in [4.78, 5) is 29.4. The number of aliphatic hydroxyl groups excluding tert-OH is 2. The quantitative estimate of drug-likeness (QED) is 0.415. The Morgan fingerprint density at radius 2 is 2.12 bits per heavy atom. The Bertz CT molecular complexity index is 851. The Morgan fingerprint density at radius 3 is 2.83 bits per heavy atom. The van der Waals surface area contributed by atoms with Gasteiger partial charge in [0.05, 0.1) is 23.9 Å². The largest absolute Gasteiger partial charge is 0.390 e. The van der Waals surface area contributed by atoms with Crippen LogP contribution >= 0.6 is 7.60 Å². The molecule has 0 aromatic carbocycles. The Kier molecular flexibility index (Phi) is 3.33. The van der Waals surface area contributed by atoms with Crippen molar-refractivity contribution in [1.29, 1.82) is 0 Å². The predicted octanol–water partition coefficient (Wildman–Crippen LogP) is -0.0668. The number of nitrogens with one attached hydrogen (secondary N) is 1. The van der Waals surface area contributed by atoms with Gasteiger partial charge in [-0.1, -0.05) is 0 Å². The van der Waals surface area contributed by atoms with Gasteiger partial charge in [0.25, 0.3) is 0 Å². The van der Waals surface area contributed by atoms with E-state index in [1.165, 1.54) is 6.33 Å². The Labute approximate surface area is 137 Å². The highest BCUT2D eigenvalue weighted by atomic mass is 31.2. The molecule has 2 aromatic heterocycles. The molecule has 0 unspecified atom stereocenters. The molecule has 2 fully saturated rings. The number of aromatic nitrogens is 3. The van der Waals surface area contributed by atoms with Crippen LogP contribution in [-0.4, -0.2) is 53.3 Å². The highest BCUT2D eigenvalue weighted by Crippen LogP contribution is 2.71. The molecule has 130 valence electrons. The highest BCUT2D eigenvalue weighted by molar-refractivity contribution is 7.51. The molecule has 0 amide bonds. The number of hydrogen-bond donors (Lipinski definition) is 6. The molecule has 2 aliphatic rings. The maximum absolute atomic E-state index is 11.2. The molecule has 0 spiro atoms. The average molecular weight is 354 g/mol. The maximum atomic E-state index is 11.2. The lowest BCUT2D eigenvalue weighted by molar-refractivity contribution is -0.00972. The smallest absolute Gasteiger partial charge is 0.325 e. The molecule has 0 bridgehead atoms. The molecule has 7 N–H and O–H groups in total. The summed E-state index contributed by atoms with van der Waals surface area (Å²) in [6.07, 6.45) is 1.58. The predicted molar refractivity (Wildman–Crippen MR) is 85.1 cm³/mol. The molecule has 0 saturated heterocycles. The van der Waals surface area contributed by atoms with Gasteiger partial charge < -0.3 is 30.7 Å². The van der Waals surface area contributed by atoms with E-state index in [2.05, 4.69) is 15.0 Å². The van der Waals surface area contributed by atoms with Crippen LogP contribution in [0.4, 0.5) is 5.82 Å². The summed E-state index contributed by atoms with van der Waals surface area (Å²) in [5.74, 6) is -0.0769. The van der Waals surface area contributed by atoms with E-state index in [1.807, 2.05) is 0 Å². The van der Waals surface area contributed by atoms with Gasteiger partial charge in [-0.05, 0) is 18.8 Å². The third-order valence-corrected chi connectivity index (χ3v) is 6.45. The summed E-state index contributed by atoms with van der Waals surface area (Å²) in [5, 5.41) is 21.0. The summed E-state index contributed by atoms with van der Waals surface area (Å²) in [6, 6.07) is 0. The minimum absolute atomic E-state index is 0.0377. The third-order valence-electron chi connectivity index (χ3n) is 5.64. The van der Waals surface area contributed by atoms with Gasteiger partial charge in [0, 0.05) is 23.1 Å². The van der Waals surface area contributed by atoms with Crippen molar-refractivity contribution in [2.24, 2.45) is 11.3 Å². The molecule has 2 aliphatic carbocycles. The van der Waals surface area contributed by atoms with E-state index < -0.39 is 25.2 Å². The van der Waals surface area contributed by atoms with E-state index in [9.17, 15) is 14.8 Å². The second-order valence-electron chi connectivity index (χ2n) is 6.87. The molecule has 24 heavy (non-hydrogen) atoms. The molecule has 2 aromatic rings. The normalized spacial score (nSPS) is 35.3. The van der Waals surface area contributed by atoms with Crippen molar-refractivity contribution in [3.63, 3.8) is 0 Å². The first-order valence-corrected chi connectivity index (χ1v) is 9.52. The Morgan fingerprint density at radius 1 is 1.38 bits per heavy atom. The van der Waals surface area contributed by atoms with Gasteiger partial charge in [0.15, 0.2) is 5.82 Å². The van der Waals surface area contributed by atoms with Crippen LogP contribution in [-0.2, 0) is 4.57 Å². The zero-order chi connectivity index (χ0) is 17.3. The number of nitrogens with two attached hydrogens (primary N) is 1. The lowest BCUT2D eigenvalue weighted by Crippen LogP contribution is -2.33. The number of anilines is 1. The maximum Gasteiger partial charge on any atom is 0.325 e. The molecular formula is C14H19N4O5P. The highest BCUT2D eigenvalue weighted by Gasteiger charge is 2.70. The lowest BCUT2D eigenvalue weighted by Gasteiger charge is -2.23. The fraction of sp³-hybridized carbons (Fsp3) is 0.571. The third kappa shape index (κ3) is 2.20. The monoisotopic (exact) mass is 354 g/mol. The number of nitrogens with zero attached hydrogens (tertiary/aromatic N) is 2. The second kappa shape index (κ2) is 5.00. The van der Waals surface area contributed by atoms with Crippen LogP contribution in [0, 0.1) is 11.3 Å². The van der Waals surface area contributed by atoms with Crippen LogP contribution in [0.2, 0.25) is 0 Å². The van der Waals surface area contributed by atoms with Gasteiger partial charge in [0.2, 0.25) is 0 Å². The molecule has 5 atom stereocenters. The standard InChI is InChI=1S/C14H19N4O5P/c15-13-10-9(17-5-18-13)6(4-16-10)8-7-3-14(7,12(20)11(8)19)1-2-24(21,22)23/h4-5,7-8,11-12,16,19-20H,1-3H2,(H2,15,17,18)(H2,21,22,23)/t7-,8-,11+,12+,14+/m1/s1. The van der Waals surface area contributed by atoms with Gasteiger partial charge in [0.1, 0.15) is 11.8 Å². The number of aliphatic hydroxyl groups is 2. The van der Waals surface area contributed by atoms with Gasteiger partial charge in [-0.25, -0.2) is 9.97 Å². The van der Waals surface area contributed by atoms with E-state index in [0.717, 1.165) is 5.56 Å². The van der Waals surface area contributed by atoms with Crippen LogP contribution in [0.5, 0.6) is 0 Å². The van der Waals surface area contributed by atoms with Crippen LogP contribution < -0.4 is 5.73 Å². The van der Waals surface area contributed by atoms with Crippen molar-refractivity contribution >= 4 is 24.4 Å². The van der Waals surface area contributed by atoms with Gasteiger partial charge in [-0.2, -0.15) is 0 Å². The first-order chi connectivity index (χ1) is 11.2. The van der Waals surface area contributed by atoms with Crippen molar-refractivity contribution in [1.82, 2.24) is 15.0 Å². The fourth-order valence-corrected chi connectivity index (χ4v) is 5.08. The van der Waals surface area contributed by atoms with Crippen LogP contribution in [0.25, 0.3) is 11.0 Å². The van der Waals surface area contributed by atoms with Crippen molar-refractivity contribution in [2.45, 2.75) is 31.0 Å². The number of nitrogen functional groups attached to an aromatic ring is 1. The van der Waals surface area contributed by atoms with Gasteiger partial charge in [-0.3, -0.25) is 4.57 Å². The molecule has 4 rings (SSSR count). The van der Waals surface area contributed by atoms with Gasteiger partial charge in [-0.15, -0.1) is 0 Å². The molecule has 2 heterocycles. The average Bonchev–Trinajstić information content (AvgIpc) is 3.00. The van der Waals surface area contributed by atoms with E-state index >= 15 is 0 Å². The molecule has 0 radical (unpaired) electrons. The number of fused-ring (bicyclic) bond motifs is 2. The lowest BCUT2D eigenvalue weighted by atomic mass is 9.92. The summed E-state index contributed by atoms with van der Waals surface area (Å²) >= 11 is 0. The van der Waals surface area contributed by atoms with E-state index in [4.69, 9.17) is 15.5 Å². The van der Waals surface area contributed by atoms with Crippen molar-refractivity contribution in [2.75, 3.05) is 11.9 Å². The zero-order valence-electron chi connectivity index (χ0n) is 12.7. The van der Waals surface area contributed by atoms with Crippen molar-refractivity contribution < 1.29 is 24.6 Å². The minimum Gasteiger partial charge on any atom is -0.390 e. The minimum atomic E-state index is -4.14. The summed E-state index contributed by atoms with van der Waals surface area (Å²) in [6.45, 7) is 0. The SMILES string of the molecule is Nc1ncnc2c([C@H]3[C@H](O)[C@H](O)[C@@]4(CCP(=O)(O)O)C[C@H]34)c[nH]c12. The zero-order valence-corrected chi connectivity index (χ0v) is 13.6. The summed E-state index contributed by atoms with van der Waals surface area (Å²) in [7, 11) is -4.14. The van der Waals surface area contributed by atoms with Crippen molar-refractivity contribution in [3.8, 4) is 0 Å². The first-order valence-electron chi connectivity index (χ1n) is 7.73. The van der Waals surface area contributed by atoms with E-state index in [1.54, 1.807) is 6.20 Å². The van der Waals surface area contributed by atoms with E-state index in [-0.39, 0.29) is 24.4 Å². The molecule has 2 saturated carbocycles. The Hall–Kier alpha value is -1.51. The number of H-pyrrole nitrogens is 1. The summed E-state index contributed by atoms with van der Waals surface area (Å²) in [5.41, 5.74) is 7.13. The van der Waals surface area contributed by atoms with Crippen LogP contribution in [0.15, 0.2) is 12.5 Å². The summed E-state index contributed by atoms with van der Waals surface area (Å²) < 4.78 is 11.2. The number of hydrogen-bond acceptors (Lipinski definition) is 6. The van der Waals surface area contributed by atoms with Crippen molar-refractivity contribution in [3.05, 3.63) is 18.1 Å². The molecule has 10 heteroatoms. The van der Waals surface area contributed by atoms with Crippen LogP contribution in [0.1, 0.15) is 24.3 Å². The second-order valence-corrected chi connectivity index (χ2v) is 8.65.